The molecule has 0 aromatic heterocycles. The van der Waals surface area contributed by atoms with Gasteiger partial charge in [-0.25, -0.2) is 0 Å². The van der Waals surface area contributed by atoms with Gasteiger partial charge in [-0.2, -0.15) is 0 Å². The molecule has 3 heterocycles. The number of fused-ring (bicyclic) bond motifs is 2. The third kappa shape index (κ3) is 7.79. The lowest BCUT2D eigenvalue weighted by molar-refractivity contribution is 0.0461. The van der Waals surface area contributed by atoms with E-state index in [9.17, 15) is 14.7 Å². The summed E-state index contributed by atoms with van der Waals surface area (Å²) < 4.78 is 29.2. The first-order chi connectivity index (χ1) is 22.8. The van der Waals surface area contributed by atoms with E-state index >= 15 is 0 Å². The highest BCUT2D eigenvalue weighted by Crippen LogP contribution is 2.38. The number of aliphatic hydroxyl groups excluding tert-OH is 1. The van der Waals surface area contributed by atoms with Gasteiger partial charge in [0.05, 0.1) is 56.4 Å². The van der Waals surface area contributed by atoms with Crippen molar-refractivity contribution >= 4 is 35.0 Å². The Bertz CT molecular complexity index is 1400. The zero-order chi connectivity index (χ0) is 33.5. The maximum absolute atomic E-state index is 13.7. The number of methoxy groups -OCH3 is 2. The summed E-state index contributed by atoms with van der Waals surface area (Å²) in [5.74, 6) is 2.53. The maximum Gasteiger partial charge on any atom is 0.256 e. The Kier molecular flexibility index (Phi) is 11.9. The number of aliphatic hydroxyl groups is 1. The third-order valence-corrected chi connectivity index (χ3v) is 9.99. The Morgan fingerprint density at radius 2 is 1.77 bits per heavy atom. The van der Waals surface area contributed by atoms with Gasteiger partial charge in [0.1, 0.15) is 5.44 Å². The van der Waals surface area contributed by atoms with Crippen molar-refractivity contribution in [3.8, 4) is 23.0 Å². The lowest BCUT2D eigenvalue weighted by atomic mass is 10.1. The molecule has 13 heteroatoms. The molecule has 4 atom stereocenters. The quantitative estimate of drug-likeness (QED) is 0.142. The van der Waals surface area contributed by atoms with E-state index in [1.807, 2.05) is 24.8 Å². The summed E-state index contributed by atoms with van der Waals surface area (Å²) in [4.78, 5) is 30.5. The number of hydrogen-bond acceptors (Lipinski definition) is 11. The predicted molar refractivity (Wildman–Crippen MR) is 182 cm³/mol. The average molecular weight is 673 g/mol. The van der Waals surface area contributed by atoms with E-state index in [-0.39, 0.29) is 41.6 Å². The number of nitrogens with one attached hydrogen (secondary N) is 1. The highest BCUT2D eigenvalue weighted by atomic mass is 32.2. The normalized spacial score (nSPS) is 21.0. The van der Waals surface area contributed by atoms with Gasteiger partial charge in [-0.3, -0.25) is 9.59 Å². The van der Waals surface area contributed by atoms with Crippen molar-refractivity contribution in [3.63, 3.8) is 0 Å². The van der Waals surface area contributed by atoms with E-state index in [4.69, 9.17) is 29.4 Å². The molecule has 2 saturated heterocycles. The van der Waals surface area contributed by atoms with E-state index in [2.05, 4.69) is 5.32 Å². The van der Waals surface area contributed by atoms with Crippen LogP contribution in [0.1, 0.15) is 66.7 Å². The van der Waals surface area contributed by atoms with Crippen LogP contribution in [0, 0.1) is 0 Å². The number of amides is 2. The Morgan fingerprint density at radius 1 is 1.06 bits per heavy atom. The summed E-state index contributed by atoms with van der Waals surface area (Å²) in [5.41, 5.74) is 8.08. The molecule has 12 nitrogen and oxygen atoms in total. The van der Waals surface area contributed by atoms with Crippen LogP contribution in [0.25, 0.3) is 0 Å². The second kappa shape index (κ2) is 16.0. The molecule has 5 rings (SSSR count). The highest BCUT2D eigenvalue weighted by molar-refractivity contribution is 7.99. The van der Waals surface area contributed by atoms with Gasteiger partial charge in [0.15, 0.2) is 23.0 Å². The van der Waals surface area contributed by atoms with Crippen LogP contribution in [-0.4, -0.2) is 110 Å². The van der Waals surface area contributed by atoms with Crippen molar-refractivity contribution in [1.29, 1.82) is 0 Å². The molecule has 0 radical (unpaired) electrons. The Hall–Kier alpha value is -3.55. The van der Waals surface area contributed by atoms with Crippen molar-refractivity contribution in [3.05, 3.63) is 35.4 Å². The first kappa shape index (κ1) is 34.8. The number of β-amino-alcohol motifs (C(OH)–C–C–N with tert-alkyl or cyclic N) is 1. The molecule has 1 unspecified atom stereocenters. The fourth-order valence-corrected chi connectivity index (χ4v) is 7.58. The molecule has 3 aliphatic rings. The van der Waals surface area contributed by atoms with Gasteiger partial charge < -0.3 is 49.6 Å². The van der Waals surface area contributed by atoms with Gasteiger partial charge >= 0.3 is 0 Å². The van der Waals surface area contributed by atoms with Crippen LogP contribution in [0.3, 0.4) is 0 Å². The zero-order valence-electron chi connectivity index (χ0n) is 27.8. The van der Waals surface area contributed by atoms with Crippen LogP contribution in [0.15, 0.2) is 24.3 Å². The topological polar surface area (TPSA) is 145 Å². The van der Waals surface area contributed by atoms with Gasteiger partial charge in [0, 0.05) is 50.1 Å². The third-order valence-electron chi connectivity index (χ3n) is 8.88. The summed E-state index contributed by atoms with van der Waals surface area (Å²) in [6.45, 7) is 7.00. The van der Waals surface area contributed by atoms with Gasteiger partial charge in [0.2, 0.25) is 0 Å². The van der Waals surface area contributed by atoms with Crippen LogP contribution < -0.4 is 30.0 Å². The van der Waals surface area contributed by atoms with Gasteiger partial charge in [0.25, 0.3) is 11.8 Å². The van der Waals surface area contributed by atoms with E-state index in [0.717, 1.165) is 37.4 Å². The lowest BCUT2D eigenvalue weighted by Gasteiger charge is -2.31. The molecule has 47 heavy (non-hydrogen) atoms. The van der Waals surface area contributed by atoms with Gasteiger partial charge in [-0.15, -0.1) is 11.8 Å². The number of ether oxygens (including phenoxy) is 5. The molecule has 2 aromatic rings. The second-order valence-corrected chi connectivity index (χ2v) is 13.3. The summed E-state index contributed by atoms with van der Waals surface area (Å²) in [6.07, 6.45) is 3.24. The summed E-state index contributed by atoms with van der Waals surface area (Å²) in [6, 6.07) is 6.78. The van der Waals surface area contributed by atoms with Crippen molar-refractivity contribution in [1.82, 2.24) is 9.80 Å². The molecule has 2 fully saturated rings. The number of thioether (sulfide) groups is 1. The molecule has 3 aliphatic heterocycles. The standard InChI is InChI=1S/C34H48N4O8S/c1-5-44-34(47-6-2)27-14-22(39)20-38(27)32(40)23-15-28(42-3)30(17-25(23)35)45-12-7-8-13-46-31-18-26-24(16-29(31)43-4)33(41)37-11-9-10-21(37)19-36-26/h15-18,21-22,27,34,36,39H,5-14,19-20,35H2,1-4H3/t21-,22+,27-,34?/m0/s1. The van der Waals surface area contributed by atoms with E-state index in [1.54, 1.807) is 42.0 Å². The predicted octanol–water partition coefficient (Wildman–Crippen LogP) is 4.25. The number of carbonyl (C=O) groups excluding carboxylic acids is 2. The number of unbranched alkanes of at least 4 members (excludes halogenated alkanes) is 1. The number of rotatable bonds is 15. The second-order valence-electron chi connectivity index (χ2n) is 11.9. The molecule has 258 valence electrons. The largest absolute Gasteiger partial charge is 0.493 e. The minimum atomic E-state index is -0.629. The molecule has 2 aromatic carbocycles. The number of hydrogen-bond donors (Lipinski definition) is 3. The van der Waals surface area contributed by atoms with Crippen LogP contribution in [0.5, 0.6) is 23.0 Å². The first-order valence-electron chi connectivity index (χ1n) is 16.5. The molecular weight excluding hydrogens is 624 g/mol. The fourth-order valence-electron chi connectivity index (χ4n) is 6.54. The highest BCUT2D eigenvalue weighted by Gasteiger charge is 2.41. The number of nitrogen functional groups attached to an aromatic ring is 1. The van der Waals surface area contributed by atoms with Crippen LogP contribution >= 0.6 is 11.8 Å². The van der Waals surface area contributed by atoms with Gasteiger partial charge in [-0.1, -0.05) is 6.92 Å². The fraction of sp³-hybridized carbons (Fsp3) is 0.588. The number of nitrogens with zero attached hydrogens (tertiary/aromatic N) is 2. The lowest BCUT2D eigenvalue weighted by Crippen LogP contribution is -2.43. The van der Waals surface area contributed by atoms with Crippen molar-refractivity contribution in [2.24, 2.45) is 0 Å². The summed E-state index contributed by atoms with van der Waals surface area (Å²) >= 11 is 1.62. The first-order valence-corrected chi connectivity index (χ1v) is 17.6. The molecular formula is C34H48N4O8S. The molecule has 0 saturated carbocycles. The van der Waals surface area contributed by atoms with Crippen LogP contribution in [0.2, 0.25) is 0 Å². The SMILES string of the molecule is CCOC(SCC)[C@@H]1C[C@@H](O)CN1C(=O)c1cc(OC)c(OCCCCOc2cc3c(cc2OC)C(=O)N2CCC[C@H]2CN3)cc1N. The summed E-state index contributed by atoms with van der Waals surface area (Å²) in [5, 5.41) is 13.9. The number of carbonyl (C=O) groups is 2. The van der Waals surface area contributed by atoms with E-state index in [1.165, 1.54) is 7.11 Å². The van der Waals surface area contributed by atoms with Crippen LogP contribution in [0.4, 0.5) is 11.4 Å². The number of likely N-dealkylation sites (tertiary alicyclic amines) is 1. The van der Waals surface area contributed by atoms with Gasteiger partial charge in [-0.05, 0) is 56.9 Å². The van der Waals surface area contributed by atoms with Crippen molar-refractivity contribution < 1.29 is 38.4 Å². The number of anilines is 2. The molecule has 0 aliphatic carbocycles. The van der Waals surface area contributed by atoms with Crippen molar-refractivity contribution in [2.75, 3.05) is 70.5 Å². The Morgan fingerprint density at radius 3 is 2.45 bits per heavy atom. The number of benzene rings is 2. The monoisotopic (exact) mass is 672 g/mol. The van der Waals surface area contributed by atoms with E-state index < -0.39 is 6.10 Å². The number of nitrogens with two attached hydrogens (primary N) is 1. The zero-order valence-corrected chi connectivity index (χ0v) is 28.6. The Balaban J connectivity index is 1.16. The van der Waals surface area contributed by atoms with E-state index in [0.29, 0.717) is 73.2 Å². The molecule has 4 N–H and O–H groups in total. The average Bonchev–Trinajstić information content (AvgIpc) is 3.68. The molecule has 2 amide bonds. The molecule has 0 bridgehead atoms. The summed E-state index contributed by atoms with van der Waals surface area (Å²) in [7, 11) is 3.09. The Labute approximate surface area is 281 Å². The minimum absolute atomic E-state index is 0.0308. The van der Waals surface area contributed by atoms with Crippen molar-refractivity contribution in [2.45, 2.75) is 69.6 Å². The van der Waals surface area contributed by atoms with Crippen LogP contribution in [-0.2, 0) is 4.74 Å². The molecule has 0 spiro atoms. The smallest absolute Gasteiger partial charge is 0.256 e. The maximum atomic E-state index is 13.7. The minimum Gasteiger partial charge on any atom is -0.493 e.